The van der Waals surface area contributed by atoms with Gasteiger partial charge in [-0.3, -0.25) is 5.41 Å². The smallest absolute Gasteiger partial charge is 0.274 e. The van der Waals surface area contributed by atoms with E-state index in [4.69, 9.17) is 15.6 Å². The van der Waals surface area contributed by atoms with Crippen LogP contribution in [0.5, 0.6) is 5.75 Å². The molecule has 0 unspecified atom stereocenters. The summed E-state index contributed by atoms with van der Waals surface area (Å²) < 4.78 is 5.64. The molecule has 2 rings (SSSR count). The Hall–Kier alpha value is -1.62. The van der Waals surface area contributed by atoms with E-state index in [1.54, 1.807) is 0 Å². The van der Waals surface area contributed by atoms with E-state index in [1.807, 2.05) is 18.2 Å². The molecule has 1 aromatic carbocycles. The predicted molar refractivity (Wildman–Crippen MR) is 62.1 cm³/mol. The lowest BCUT2D eigenvalue weighted by atomic mass is 10.1. The van der Waals surface area contributed by atoms with Gasteiger partial charge >= 0.3 is 0 Å². The van der Waals surface area contributed by atoms with Crippen molar-refractivity contribution in [3.63, 3.8) is 0 Å². The molecule has 1 aliphatic rings. The highest BCUT2D eigenvalue weighted by molar-refractivity contribution is 6.49. The predicted octanol–water partition coefficient (Wildman–Crippen LogP) is 1.36. The Labute approximate surface area is 90.0 Å². The third kappa shape index (κ3) is 1.78. The second kappa shape index (κ2) is 3.51. The molecule has 15 heavy (non-hydrogen) atoms. The Morgan fingerprint density at radius 1 is 1.33 bits per heavy atom. The molecule has 0 spiro atoms. The Kier molecular flexibility index (Phi) is 2.32. The molecule has 0 saturated carbocycles. The van der Waals surface area contributed by atoms with Crippen molar-refractivity contribution in [2.24, 2.45) is 10.7 Å². The number of amidine groups is 2. The zero-order valence-electron chi connectivity index (χ0n) is 8.66. The molecule has 1 radical (unpaired) electrons. The van der Waals surface area contributed by atoms with Crippen molar-refractivity contribution >= 4 is 20.7 Å². The molecule has 4 nitrogen and oxygen atoms in total. The number of nitrogens with one attached hydrogen (secondary N) is 1. The lowest BCUT2D eigenvalue weighted by molar-refractivity contribution is 0.580. The summed E-state index contributed by atoms with van der Waals surface area (Å²) >= 11 is 0. The highest BCUT2D eigenvalue weighted by Gasteiger charge is 2.18. The summed E-state index contributed by atoms with van der Waals surface area (Å²) in [6.45, 7) is 4.13. The zero-order valence-corrected chi connectivity index (χ0v) is 9.66. The summed E-state index contributed by atoms with van der Waals surface area (Å²) in [6, 6.07) is 5.56. The minimum absolute atomic E-state index is 0.217. The van der Waals surface area contributed by atoms with E-state index >= 15 is 0 Å². The maximum absolute atomic E-state index is 7.63. The standard InChI is InChI=1S/C10H12N3OSi/c1-15(2)14-6-3-4-7-8(5-6)10(12)13-9(7)11/h3-5H,1-2H3,(H3,11,12,13). The SMILES string of the molecule is C[Si](C)Oc1ccc2c(c1)C(=N)N=C2N. The van der Waals surface area contributed by atoms with Crippen molar-refractivity contribution in [2.45, 2.75) is 13.1 Å². The van der Waals surface area contributed by atoms with E-state index in [-0.39, 0.29) is 5.84 Å². The molecule has 0 saturated heterocycles. The van der Waals surface area contributed by atoms with E-state index in [1.165, 1.54) is 0 Å². The molecule has 77 valence electrons. The lowest BCUT2D eigenvalue weighted by Gasteiger charge is -2.09. The molecular formula is C10H12N3OSi. The van der Waals surface area contributed by atoms with E-state index in [9.17, 15) is 0 Å². The summed E-state index contributed by atoms with van der Waals surface area (Å²) in [6.07, 6.45) is 0. The van der Waals surface area contributed by atoms with Gasteiger partial charge < -0.3 is 10.2 Å². The number of hydrogen-bond donors (Lipinski definition) is 2. The van der Waals surface area contributed by atoms with Crippen molar-refractivity contribution in [3.8, 4) is 5.75 Å². The third-order valence-electron chi connectivity index (χ3n) is 2.08. The van der Waals surface area contributed by atoms with Crippen LogP contribution in [-0.4, -0.2) is 20.7 Å². The highest BCUT2D eigenvalue weighted by atomic mass is 28.3. The number of aliphatic imine (C=N–C) groups is 1. The van der Waals surface area contributed by atoms with Crippen LogP contribution in [0.15, 0.2) is 23.2 Å². The van der Waals surface area contributed by atoms with Gasteiger partial charge in [-0.2, -0.15) is 0 Å². The highest BCUT2D eigenvalue weighted by Crippen LogP contribution is 2.23. The fraction of sp³-hybridized carbons (Fsp3) is 0.200. The first-order valence-electron chi connectivity index (χ1n) is 4.63. The minimum Gasteiger partial charge on any atom is -0.543 e. The van der Waals surface area contributed by atoms with Gasteiger partial charge in [-0.1, -0.05) is 0 Å². The van der Waals surface area contributed by atoms with E-state index in [0.717, 1.165) is 16.9 Å². The zero-order chi connectivity index (χ0) is 11.0. The normalized spacial score (nSPS) is 14.1. The van der Waals surface area contributed by atoms with Crippen LogP contribution in [0, 0.1) is 5.41 Å². The van der Waals surface area contributed by atoms with Crippen molar-refractivity contribution in [1.29, 1.82) is 5.41 Å². The Bertz CT molecular complexity index is 454. The van der Waals surface area contributed by atoms with Gasteiger partial charge in [0.25, 0.3) is 9.04 Å². The molecule has 0 aliphatic carbocycles. The van der Waals surface area contributed by atoms with Crippen LogP contribution in [0.3, 0.4) is 0 Å². The second-order valence-electron chi connectivity index (χ2n) is 3.56. The number of hydrogen-bond acceptors (Lipinski definition) is 3. The van der Waals surface area contributed by atoms with Gasteiger partial charge in [-0.05, 0) is 31.3 Å². The fourth-order valence-electron chi connectivity index (χ4n) is 1.48. The summed E-state index contributed by atoms with van der Waals surface area (Å²) in [5, 5.41) is 7.63. The molecule has 0 bridgehead atoms. The number of fused-ring (bicyclic) bond motifs is 1. The molecular weight excluding hydrogens is 206 g/mol. The van der Waals surface area contributed by atoms with Gasteiger partial charge in [0.1, 0.15) is 11.6 Å². The topological polar surface area (TPSA) is 71.5 Å². The summed E-state index contributed by atoms with van der Waals surface area (Å²) in [5.41, 5.74) is 7.25. The first kappa shape index (κ1) is 9.91. The second-order valence-corrected chi connectivity index (χ2v) is 5.58. The van der Waals surface area contributed by atoms with E-state index in [0.29, 0.717) is 5.84 Å². The van der Waals surface area contributed by atoms with Crippen LogP contribution < -0.4 is 10.2 Å². The summed E-state index contributed by atoms with van der Waals surface area (Å²) in [5.74, 6) is 1.43. The van der Waals surface area contributed by atoms with Crippen LogP contribution in [0.1, 0.15) is 11.1 Å². The molecule has 1 aliphatic heterocycles. The van der Waals surface area contributed by atoms with Gasteiger partial charge in [0.05, 0.1) is 0 Å². The average Bonchev–Trinajstić information content (AvgIpc) is 2.41. The maximum atomic E-state index is 7.63. The van der Waals surface area contributed by atoms with Gasteiger partial charge in [-0.25, -0.2) is 4.99 Å². The van der Waals surface area contributed by atoms with Crippen molar-refractivity contribution in [1.82, 2.24) is 0 Å². The number of benzene rings is 1. The molecule has 0 aromatic heterocycles. The first-order valence-corrected chi connectivity index (χ1v) is 7.04. The molecule has 0 amide bonds. The van der Waals surface area contributed by atoms with E-state index < -0.39 is 9.04 Å². The lowest BCUT2D eigenvalue weighted by Crippen LogP contribution is -2.13. The third-order valence-corrected chi connectivity index (χ3v) is 2.72. The quantitative estimate of drug-likeness (QED) is 0.736. The van der Waals surface area contributed by atoms with Crippen LogP contribution in [0.2, 0.25) is 13.1 Å². The first-order chi connectivity index (χ1) is 7.08. The molecule has 0 fully saturated rings. The van der Waals surface area contributed by atoms with Gasteiger partial charge in [-0.15, -0.1) is 0 Å². The maximum Gasteiger partial charge on any atom is 0.274 e. The Morgan fingerprint density at radius 2 is 2.07 bits per heavy atom. The van der Waals surface area contributed by atoms with Crippen LogP contribution in [0.4, 0.5) is 0 Å². The summed E-state index contributed by atoms with van der Waals surface area (Å²) in [4.78, 5) is 3.91. The van der Waals surface area contributed by atoms with Gasteiger partial charge in [0, 0.05) is 11.1 Å². The minimum atomic E-state index is -0.774. The van der Waals surface area contributed by atoms with Crippen LogP contribution in [0.25, 0.3) is 0 Å². The molecule has 0 atom stereocenters. The van der Waals surface area contributed by atoms with Crippen LogP contribution >= 0.6 is 0 Å². The van der Waals surface area contributed by atoms with Crippen molar-refractivity contribution in [2.75, 3.05) is 0 Å². The van der Waals surface area contributed by atoms with Gasteiger partial charge in [0.15, 0.2) is 5.84 Å². The Morgan fingerprint density at radius 3 is 2.73 bits per heavy atom. The molecule has 5 heteroatoms. The number of nitrogens with two attached hydrogens (primary N) is 1. The monoisotopic (exact) mass is 218 g/mol. The van der Waals surface area contributed by atoms with E-state index in [2.05, 4.69) is 18.1 Å². The number of rotatable bonds is 2. The largest absolute Gasteiger partial charge is 0.543 e. The average molecular weight is 218 g/mol. The molecule has 3 N–H and O–H groups in total. The number of nitrogens with zero attached hydrogens (tertiary/aromatic N) is 1. The fourth-order valence-corrected chi connectivity index (χ4v) is 2.08. The van der Waals surface area contributed by atoms with Crippen LogP contribution in [-0.2, 0) is 0 Å². The Balaban J connectivity index is 2.38. The summed E-state index contributed by atoms with van der Waals surface area (Å²) in [7, 11) is -0.774. The molecule has 1 aromatic rings. The van der Waals surface area contributed by atoms with Crippen molar-refractivity contribution < 1.29 is 4.43 Å². The van der Waals surface area contributed by atoms with Gasteiger partial charge in [0.2, 0.25) is 0 Å². The van der Waals surface area contributed by atoms with Crippen molar-refractivity contribution in [3.05, 3.63) is 29.3 Å². The molecule has 1 heterocycles.